The van der Waals surface area contributed by atoms with E-state index in [9.17, 15) is 5.11 Å². The molecular formula is C23H36N4O. The first kappa shape index (κ1) is 21.7. The van der Waals surface area contributed by atoms with E-state index in [0.717, 1.165) is 18.8 Å². The lowest BCUT2D eigenvalue weighted by molar-refractivity contribution is 0.474. The standard InChI is InChI=1S/C23H36N4O/c1-4-6-8-14-27(15-9-7-5-2)19-12-10-18(11-13-19)26-20-16-17(3)23(28)22(25)21(20)24/h10-13,16,26,28H,4-9,14-15,24-25H2,1-3H3. The third-order valence-corrected chi connectivity index (χ3v) is 5.14. The fourth-order valence-electron chi connectivity index (χ4n) is 3.34. The number of unbranched alkanes of at least 4 members (excludes halogenated alkanes) is 4. The second-order valence-corrected chi connectivity index (χ2v) is 7.49. The van der Waals surface area contributed by atoms with Crippen molar-refractivity contribution in [3.8, 4) is 5.75 Å². The molecule has 0 unspecified atom stereocenters. The first-order chi connectivity index (χ1) is 13.5. The summed E-state index contributed by atoms with van der Waals surface area (Å²) in [4.78, 5) is 2.49. The van der Waals surface area contributed by atoms with E-state index in [4.69, 9.17) is 11.5 Å². The van der Waals surface area contributed by atoms with Gasteiger partial charge in [-0.1, -0.05) is 39.5 Å². The summed E-state index contributed by atoms with van der Waals surface area (Å²) in [5.41, 5.74) is 16.2. The van der Waals surface area contributed by atoms with Crippen LogP contribution in [0.4, 0.5) is 28.4 Å². The van der Waals surface area contributed by atoms with Gasteiger partial charge in [0.2, 0.25) is 0 Å². The van der Waals surface area contributed by atoms with Crippen molar-refractivity contribution in [2.75, 3.05) is 34.8 Å². The van der Waals surface area contributed by atoms with Crippen LogP contribution in [0.1, 0.15) is 57.9 Å². The molecule has 154 valence electrons. The second-order valence-electron chi connectivity index (χ2n) is 7.49. The Bertz CT molecular complexity index is 733. The molecule has 0 atom stereocenters. The third kappa shape index (κ3) is 5.72. The quantitative estimate of drug-likeness (QED) is 0.170. The number of nitrogen functional groups attached to an aromatic ring is 2. The summed E-state index contributed by atoms with van der Waals surface area (Å²) in [6, 6.07) is 10.3. The summed E-state index contributed by atoms with van der Waals surface area (Å²) < 4.78 is 0. The van der Waals surface area contributed by atoms with Gasteiger partial charge in [-0.2, -0.15) is 0 Å². The second kappa shape index (κ2) is 10.7. The fraction of sp³-hybridized carbons (Fsp3) is 0.478. The van der Waals surface area contributed by atoms with Crippen LogP contribution in [0.15, 0.2) is 30.3 Å². The largest absolute Gasteiger partial charge is 0.505 e. The topological polar surface area (TPSA) is 87.5 Å². The van der Waals surface area contributed by atoms with Crippen LogP contribution in [0, 0.1) is 6.92 Å². The van der Waals surface area contributed by atoms with E-state index >= 15 is 0 Å². The van der Waals surface area contributed by atoms with Crippen LogP contribution >= 0.6 is 0 Å². The molecule has 0 amide bonds. The van der Waals surface area contributed by atoms with Crippen LogP contribution in [-0.2, 0) is 0 Å². The Morgan fingerprint density at radius 3 is 2.00 bits per heavy atom. The van der Waals surface area contributed by atoms with Gasteiger partial charge in [-0.25, -0.2) is 0 Å². The highest BCUT2D eigenvalue weighted by atomic mass is 16.3. The van der Waals surface area contributed by atoms with Crippen molar-refractivity contribution in [3.63, 3.8) is 0 Å². The van der Waals surface area contributed by atoms with E-state index in [1.165, 1.54) is 44.2 Å². The summed E-state index contributed by atoms with van der Waals surface area (Å²) in [5, 5.41) is 13.2. The fourth-order valence-corrected chi connectivity index (χ4v) is 3.34. The van der Waals surface area contributed by atoms with Crippen molar-refractivity contribution in [1.82, 2.24) is 0 Å². The van der Waals surface area contributed by atoms with Crippen molar-refractivity contribution in [1.29, 1.82) is 0 Å². The number of aromatic hydroxyl groups is 1. The summed E-state index contributed by atoms with van der Waals surface area (Å²) in [7, 11) is 0. The number of nitrogens with one attached hydrogen (secondary N) is 1. The third-order valence-electron chi connectivity index (χ3n) is 5.14. The Labute approximate surface area is 169 Å². The minimum atomic E-state index is 0.0493. The average Bonchev–Trinajstić information content (AvgIpc) is 2.70. The van der Waals surface area contributed by atoms with Gasteiger partial charge in [0, 0.05) is 24.5 Å². The molecule has 0 radical (unpaired) electrons. The SMILES string of the molecule is CCCCCN(CCCCC)c1ccc(Nc2cc(C)c(O)c(N)c2N)cc1. The number of phenolic OH excluding ortho intramolecular Hbond substituents is 1. The zero-order valence-corrected chi connectivity index (χ0v) is 17.6. The van der Waals surface area contributed by atoms with E-state index in [0.29, 0.717) is 16.9 Å². The maximum atomic E-state index is 9.91. The Morgan fingerprint density at radius 1 is 0.893 bits per heavy atom. The molecule has 2 aromatic rings. The highest BCUT2D eigenvalue weighted by Gasteiger charge is 2.12. The maximum absolute atomic E-state index is 9.91. The van der Waals surface area contributed by atoms with Crippen LogP contribution < -0.4 is 21.7 Å². The number of anilines is 5. The molecule has 0 aromatic heterocycles. The molecule has 2 aromatic carbocycles. The zero-order chi connectivity index (χ0) is 20.5. The normalized spacial score (nSPS) is 10.8. The number of phenols is 1. The van der Waals surface area contributed by atoms with E-state index in [1.54, 1.807) is 0 Å². The molecule has 2 rings (SSSR count). The molecule has 0 aliphatic heterocycles. The molecule has 0 fully saturated rings. The van der Waals surface area contributed by atoms with Crippen molar-refractivity contribution < 1.29 is 5.11 Å². The van der Waals surface area contributed by atoms with Gasteiger partial charge in [0.05, 0.1) is 17.1 Å². The Balaban J connectivity index is 2.11. The highest BCUT2D eigenvalue weighted by Crippen LogP contribution is 2.37. The number of hydrogen-bond donors (Lipinski definition) is 4. The summed E-state index contributed by atoms with van der Waals surface area (Å²) >= 11 is 0. The van der Waals surface area contributed by atoms with Crippen LogP contribution in [0.5, 0.6) is 5.75 Å². The van der Waals surface area contributed by atoms with Crippen molar-refractivity contribution in [2.24, 2.45) is 0 Å². The van der Waals surface area contributed by atoms with Crippen LogP contribution in [0.2, 0.25) is 0 Å². The number of nitrogens with two attached hydrogens (primary N) is 2. The first-order valence-corrected chi connectivity index (χ1v) is 10.5. The van der Waals surface area contributed by atoms with Crippen molar-refractivity contribution in [2.45, 2.75) is 59.3 Å². The number of hydrogen-bond acceptors (Lipinski definition) is 5. The number of rotatable bonds is 11. The summed E-state index contributed by atoms with van der Waals surface area (Å²) in [6.07, 6.45) is 7.47. The predicted octanol–water partition coefficient (Wildman–Crippen LogP) is 5.80. The van der Waals surface area contributed by atoms with E-state index in [2.05, 4.69) is 48.3 Å². The van der Waals surface area contributed by atoms with E-state index < -0.39 is 0 Å². The smallest absolute Gasteiger partial charge is 0.143 e. The lowest BCUT2D eigenvalue weighted by Gasteiger charge is -2.25. The number of aryl methyl sites for hydroxylation is 1. The lowest BCUT2D eigenvalue weighted by Crippen LogP contribution is -2.25. The van der Waals surface area contributed by atoms with Gasteiger partial charge < -0.3 is 26.8 Å². The molecule has 0 saturated heterocycles. The van der Waals surface area contributed by atoms with Gasteiger partial charge in [-0.05, 0) is 55.7 Å². The van der Waals surface area contributed by atoms with Gasteiger partial charge in [0.25, 0.3) is 0 Å². The molecular weight excluding hydrogens is 348 g/mol. The molecule has 0 spiro atoms. The average molecular weight is 385 g/mol. The van der Waals surface area contributed by atoms with Crippen LogP contribution in [0.25, 0.3) is 0 Å². The molecule has 0 bridgehead atoms. The van der Waals surface area contributed by atoms with Gasteiger partial charge >= 0.3 is 0 Å². The minimum absolute atomic E-state index is 0.0493. The monoisotopic (exact) mass is 384 g/mol. The molecule has 6 N–H and O–H groups in total. The summed E-state index contributed by atoms with van der Waals surface area (Å²) in [5.74, 6) is 0.0493. The van der Waals surface area contributed by atoms with Crippen molar-refractivity contribution >= 4 is 28.4 Å². The maximum Gasteiger partial charge on any atom is 0.143 e. The molecule has 28 heavy (non-hydrogen) atoms. The van der Waals surface area contributed by atoms with Gasteiger partial charge in [-0.15, -0.1) is 0 Å². The van der Waals surface area contributed by atoms with Crippen LogP contribution in [0.3, 0.4) is 0 Å². The lowest BCUT2D eigenvalue weighted by atomic mass is 10.1. The molecule has 0 aliphatic carbocycles. The molecule has 0 aliphatic rings. The predicted molar refractivity (Wildman–Crippen MR) is 123 cm³/mol. The number of nitrogens with zero attached hydrogens (tertiary/aromatic N) is 1. The van der Waals surface area contributed by atoms with Gasteiger partial charge in [-0.3, -0.25) is 0 Å². The minimum Gasteiger partial charge on any atom is -0.505 e. The highest BCUT2D eigenvalue weighted by molar-refractivity contribution is 5.87. The first-order valence-electron chi connectivity index (χ1n) is 10.5. The van der Waals surface area contributed by atoms with Crippen molar-refractivity contribution in [3.05, 3.63) is 35.9 Å². The number of benzene rings is 2. The van der Waals surface area contributed by atoms with E-state index in [-0.39, 0.29) is 11.4 Å². The Morgan fingerprint density at radius 2 is 1.46 bits per heavy atom. The van der Waals surface area contributed by atoms with E-state index in [1.807, 2.05) is 13.0 Å². The molecule has 0 saturated carbocycles. The molecule has 5 heteroatoms. The Hall–Kier alpha value is -2.56. The molecule has 5 nitrogen and oxygen atoms in total. The van der Waals surface area contributed by atoms with Crippen LogP contribution in [-0.4, -0.2) is 18.2 Å². The van der Waals surface area contributed by atoms with Gasteiger partial charge in [0.15, 0.2) is 0 Å². The zero-order valence-electron chi connectivity index (χ0n) is 17.6. The summed E-state index contributed by atoms with van der Waals surface area (Å²) in [6.45, 7) is 8.50. The molecule has 0 heterocycles. The van der Waals surface area contributed by atoms with Gasteiger partial charge in [0.1, 0.15) is 5.75 Å². The Kier molecular flexibility index (Phi) is 8.30.